The van der Waals surface area contributed by atoms with Crippen LogP contribution in [-0.2, 0) is 0 Å². The molecule has 1 aromatic heterocycles. The molecule has 0 fully saturated rings. The van der Waals surface area contributed by atoms with E-state index in [0.717, 1.165) is 5.56 Å². The number of rotatable bonds is 2. The maximum absolute atomic E-state index is 9.23. The number of hydrogen-bond acceptors (Lipinski definition) is 3. The van der Waals surface area contributed by atoms with Gasteiger partial charge < -0.3 is 10.8 Å². The fourth-order valence-electron chi connectivity index (χ4n) is 0.907. The lowest BCUT2D eigenvalue weighted by Crippen LogP contribution is -2.23. The minimum Gasteiger partial charge on any atom is -0.391 e. The molecule has 3 nitrogen and oxygen atoms in total. The molecule has 1 rings (SSSR count). The minimum absolute atomic E-state index is 0.381. The topological polar surface area (TPSA) is 59.1 Å². The van der Waals surface area contributed by atoms with Crippen molar-refractivity contribution in [2.75, 3.05) is 0 Å². The van der Waals surface area contributed by atoms with E-state index >= 15 is 0 Å². The van der Waals surface area contributed by atoms with E-state index in [0.29, 0.717) is 4.60 Å². The molecule has 0 aromatic carbocycles. The summed E-state index contributed by atoms with van der Waals surface area (Å²) in [6, 6.07) is 3.25. The van der Waals surface area contributed by atoms with E-state index in [2.05, 4.69) is 20.9 Å². The number of pyridine rings is 1. The van der Waals surface area contributed by atoms with Crippen molar-refractivity contribution in [1.29, 1.82) is 0 Å². The van der Waals surface area contributed by atoms with Crippen LogP contribution in [0.2, 0.25) is 0 Å². The third-order valence-electron chi connectivity index (χ3n) is 1.67. The van der Waals surface area contributed by atoms with Crippen molar-refractivity contribution in [2.45, 2.75) is 19.1 Å². The first-order valence-corrected chi connectivity index (χ1v) is 4.46. The molecule has 0 aliphatic rings. The molecule has 0 bridgehead atoms. The van der Waals surface area contributed by atoms with Crippen LogP contribution in [0.5, 0.6) is 0 Å². The fraction of sp³-hybridized carbons (Fsp3) is 0.375. The zero-order valence-electron chi connectivity index (χ0n) is 6.74. The van der Waals surface area contributed by atoms with Gasteiger partial charge in [-0.25, -0.2) is 4.98 Å². The minimum atomic E-state index is -0.564. The monoisotopic (exact) mass is 230 g/mol. The molecular formula is C8H11BrN2O. The van der Waals surface area contributed by atoms with Crippen LogP contribution < -0.4 is 5.73 Å². The van der Waals surface area contributed by atoms with Crippen LogP contribution >= 0.6 is 15.9 Å². The number of aliphatic hydroxyl groups excluding tert-OH is 1. The van der Waals surface area contributed by atoms with Crippen LogP contribution in [-0.4, -0.2) is 16.2 Å². The third-order valence-corrected chi connectivity index (χ3v) is 2.33. The Balaban J connectivity index is 2.94. The second kappa shape index (κ2) is 3.98. The van der Waals surface area contributed by atoms with E-state index in [1.54, 1.807) is 19.2 Å². The van der Waals surface area contributed by atoms with Gasteiger partial charge in [0.25, 0.3) is 0 Å². The molecule has 0 aliphatic carbocycles. The van der Waals surface area contributed by atoms with Crippen molar-refractivity contribution in [3.63, 3.8) is 0 Å². The van der Waals surface area contributed by atoms with Crippen LogP contribution in [0.4, 0.5) is 0 Å². The maximum atomic E-state index is 9.23. The van der Waals surface area contributed by atoms with Gasteiger partial charge in [0, 0.05) is 11.8 Å². The van der Waals surface area contributed by atoms with Crippen LogP contribution in [0.25, 0.3) is 0 Å². The molecule has 1 aromatic rings. The Morgan fingerprint density at radius 3 is 2.83 bits per heavy atom. The van der Waals surface area contributed by atoms with Gasteiger partial charge in [-0.15, -0.1) is 0 Å². The predicted octanol–water partition coefficient (Wildman–Crippen LogP) is 1.22. The van der Waals surface area contributed by atoms with E-state index in [-0.39, 0.29) is 6.04 Å². The predicted molar refractivity (Wildman–Crippen MR) is 50.5 cm³/mol. The SMILES string of the molecule is C[C@@H](O)[C@H](N)c1cccnc1Br. The van der Waals surface area contributed by atoms with E-state index in [4.69, 9.17) is 5.73 Å². The summed E-state index contributed by atoms with van der Waals surface area (Å²) in [6.07, 6.45) is 1.10. The quantitative estimate of drug-likeness (QED) is 0.752. The van der Waals surface area contributed by atoms with E-state index in [9.17, 15) is 5.11 Å². The smallest absolute Gasteiger partial charge is 0.110 e. The Morgan fingerprint density at radius 2 is 2.33 bits per heavy atom. The normalized spacial score (nSPS) is 15.7. The second-order valence-corrected chi connectivity index (χ2v) is 3.40. The summed E-state index contributed by atoms with van der Waals surface area (Å²) < 4.78 is 0.693. The first-order chi connectivity index (χ1) is 5.63. The van der Waals surface area contributed by atoms with Gasteiger partial charge in [-0.2, -0.15) is 0 Å². The first-order valence-electron chi connectivity index (χ1n) is 3.67. The molecular weight excluding hydrogens is 220 g/mol. The molecule has 12 heavy (non-hydrogen) atoms. The van der Waals surface area contributed by atoms with Gasteiger partial charge in [-0.1, -0.05) is 6.07 Å². The molecule has 0 saturated carbocycles. The maximum Gasteiger partial charge on any atom is 0.110 e. The lowest BCUT2D eigenvalue weighted by atomic mass is 10.1. The Labute approximate surface area is 79.7 Å². The number of aliphatic hydroxyl groups is 1. The summed E-state index contributed by atoms with van der Waals surface area (Å²) in [7, 11) is 0. The zero-order chi connectivity index (χ0) is 9.14. The number of nitrogens with zero attached hydrogens (tertiary/aromatic N) is 1. The lowest BCUT2D eigenvalue weighted by molar-refractivity contribution is 0.164. The van der Waals surface area contributed by atoms with Crippen LogP contribution in [0.1, 0.15) is 18.5 Å². The average Bonchev–Trinajstić information content (AvgIpc) is 2.04. The first kappa shape index (κ1) is 9.64. The second-order valence-electron chi connectivity index (χ2n) is 2.65. The van der Waals surface area contributed by atoms with Crippen molar-refractivity contribution in [2.24, 2.45) is 5.73 Å². The Morgan fingerprint density at radius 1 is 1.67 bits per heavy atom. The highest BCUT2D eigenvalue weighted by Crippen LogP contribution is 2.21. The summed E-state index contributed by atoms with van der Waals surface area (Å²) in [6.45, 7) is 1.66. The van der Waals surface area contributed by atoms with Crippen molar-refractivity contribution in [3.05, 3.63) is 28.5 Å². The molecule has 0 amide bonds. The fourth-order valence-corrected chi connectivity index (χ4v) is 1.42. The van der Waals surface area contributed by atoms with E-state index in [1.165, 1.54) is 0 Å². The molecule has 66 valence electrons. The lowest BCUT2D eigenvalue weighted by Gasteiger charge is -2.15. The zero-order valence-corrected chi connectivity index (χ0v) is 8.32. The number of halogens is 1. The molecule has 0 aliphatic heterocycles. The molecule has 3 N–H and O–H groups in total. The third kappa shape index (κ3) is 2.03. The summed E-state index contributed by atoms with van der Waals surface area (Å²) in [5, 5.41) is 9.23. The Bertz CT molecular complexity index is 265. The van der Waals surface area contributed by atoms with Crippen LogP contribution in [0.15, 0.2) is 22.9 Å². The van der Waals surface area contributed by atoms with Crippen molar-refractivity contribution in [3.8, 4) is 0 Å². The summed E-state index contributed by atoms with van der Waals surface area (Å²) >= 11 is 3.26. The molecule has 1 heterocycles. The van der Waals surface area contributed by atoms with Gasteiger partial charge in [-0.05, 0) is 28.9 Å². The Kier molecular flexibility index (Phi) is 3.20. The summed E-state index contributed by atoms with van der Waals surface area (Å²) in [4.78, 5) is 4.01. The highest BCUT2D eigenvalue weighted by atomic mass is 79.9. The van der Waals surface area contributed by atoms with Crippen molar-refractivity contribution in [1.82, 2.24) is 4.98 Å². The average molecular weight is 231 g/mol. The molecule has 2 atom stereocenters. The van der Waals surface area contributed by atoms with Gasteiger partial charge >= 0.3 is 0 Å². The van der Waals surface area contributed by atoms with E-state index in [1.807, 2.05) is 6.07 Å². The van der Waals surface area contributed by atoms with Gasteiger partial charge in [0.2, 0.25) is 0 Å². The molecule has 0 spiro atoms. The largest absolute Gasteiger partial charge is 0.391 e. The van der Waals surface area contributed by atoms with Crippen LogP contribution in [0, 0.1) is 0 Å². The van der Waals surface area contributed by atoms with Gasteiger partial charge in [0.1, 0.15) is 4.60 Å². The highest BCUT2D eigenvalue weighted by Gasteiger charge is 2.14. The van der Waals surface area contributed by atoms with E-state index < -0.39 is 6.10 Å². The number of hydrogen-bond donors (Lipinski definition) is 2. The molecule has 0 saturated heterocycles. The van der Waals surface area contributed by atoms with Crippen molar-refractivity contribution >= 4 is 15.9 Å². The highest BCUT2D eigenvalue weighted by molar-refractivity contribution is 9.10. The Hall–Kier alpha value is -0.450. The van der Waals surface area contributed by atoms with Gasteiger partial charge in [0.05, 0.1) is 12.1 Å². The molecule has 4 heteroatoms. The van der Waals surface area contributed by atoms with Gasteiger partial charge in [-0.3, -0.25) is 0 Å². The summed E-state index contributed by atoms with van der Waals surface area (Å²) in [5.74, 6) is 0. The number of nitrogens with two attached hydrogens (primary N) is 1. The molecule has 0 unspecified atom stereocenters. The van der Waals surface area contributed by atoms with Crippen molar-refractivity contribution < 1.29 is 5.11 Å². The molecule has 0 radical (unpaired) electrons. The van der Waals surface area contributed by atoms with Crippen LogP contribution in [0.3, 0.4) is 0 Å². The number of aromatic nitrogens is 1. The summed E-state index contributed by atoms with van der Waals surface area (Å²) in [5.41, 5.74) is 6.55. The van der Waals surface area contributed by atoms with Gasteiger partial charge in [0.15, 0.2) is 0 Å². The standard InChI is InChI=1S/C8H11BrN2O/c1-5(12)7(10)6-3-2-4-11-8(6)9/h2-5,7,12H,10H2,1H3/t5-,7+/m1/s1.